The van der Waals surface area contributed by atoms with Crippen molar-refractivity contribution >= 4 is 17.5 Å². The average molecular weight is 481 g/mol. The van der Waals surface area contributed by atoms with Gasteiger partial charge in [-0.25, -0.2) is 4.39 Å². The normalized spacial score (nSPS) is 19.6. The largest absolute Gasteiger partial charge is 0.385 e. The molecule has 0 saturated carbocycles. The second-order valence-corrected chi connectivity index (χ2v) is 10.5. The van der Waals surface area contributed by atoms with Gasteiger partial charge in [0.05, 0.1) is 0 Å². The summed E-state index contributed by atoms with van der Waals surface area (Å²) in [6.07, 6.45) is 3.42. The van der Waals surface area contributed by atoms with E-state index in [1.807, 2.05) is 48.5 Å². The third kappa shape index (κ3) is 6.40. The highest BCUT2D eigenvalue weighted by molar-refractivity contribution is 6.03. The van der Waals surface area contributed by atoms with E-state index < -0.39 is 17.6 Å². The third-order valence-electron chi connectivity index (χ3n) is 7.08. The summed E-state index contributed by atoms with van der Waals surface area (Å²) < 4.78 is 14.0. The van der Waals surface area contributed by atoms with Crippen molar-refractivity contribution in [2.45, 2.75) is 51.2 Å². The Balaban J connectivity index is 1.49. The summed E-state index contributed by atoms with van der Waals surface area (Å²) in [5.41, 5.74) is 7.69. The van der Waals surface area contributed by atoms with Gasteiger partial charge in [0.15, 0.2) is 0 Å². The van der Waals surface area contributed by atoms with Crippen LogP contribution < -0.4 is 11.1 Å². The van der Waals surface area contributed by atoms with Crippen LogP contribution in [0, 0.1) is 5.92 Å². The highest BCUT2D eigenvalue weighted by atomic mass is 19.1. The van der Waals surface area contributed by atoms with Crippen LogP contribution in [-0.4, -0.2) is 66.0 Å². The van der Waals surface area contributed by atoms with Gasteiger partial charge in [-0.2, -0.15) is 0 Å². The predicted molar refractivity (Wildman–Crippen MR) is 138 cm³/mol. The molecule has 188 valence electrons. The van der Waals surface area contributed by atoms with E-state index in [0.29, 0.717) is 31.0 Å². The zero-order valence-corrected chi connectivity index (χ0v) is 20.8. The molecule has 2 aromatic rings. The van der Waals surface area contributed by atoms with Crippen molar-refractivity contribution in [1.82, 2.24) is 9.80 Å². The van der Waals surface area contributed by atoms with E-state index >= 15 is 0 Å². The molecule has 0 unspecified atom stereocenters. The minimum atomic E-state index is -1.17. The van der Waals surface area contributed by atoms with Gasteiger partial charge in [0.25, 0.3) is 5.91 Å². The number of alkyl halides is 1. The molecule has 0 radical (unpaired) electrons. The zero-order valence-electron chi connectivity index (χ0n) is 20.8. The molecule has 0 spiro atoms. The number of amides is 2. The molecule has 2 aliphatic heterocycles. The Kier molecular flexibility index (Phi) is 7.75. The van der Waals surface area contributed by atoms with Crippen LogP contribution in [0.5, 0.6) is 0 Å². The molecule has 2 aromatic carbocycles. The van der Waals surface area contributed by atoms with Gasteiger partial charge >= 0.3 is 0 Å². The van der Waals surface area contributed by atoms with Crippen LogP contribution in [0.1, 0.15) is 49.9 Å². The number of nitrogens with one attached hydrogen (secondary N) is 1. The molecule has 7 heteroatoms. The number of nitrogens with two attached hydrogens (primary N) is 1. The van der Waals surface area contributed by atoms with E-state index in [2.05, 4.69) is 10.2 Å². The molecular formula is C28H37FN4O2. The second kappa shape index (κ2) is 10.8. The van der Waals surface area contributed by atoms with Crippen LogP contribution in [-0.2, 0) is 4.79 Å². The molecule has 0 bridgehead atoms. The zero-order chi connectivity index (χ0) is 25.0. The van der Waals surface area contributed by atoms with Crippen molar-refractivity contribution in [3.05, 3.63) is 54.1 Å². The fraction of sp³-hybridized carbons (Fsp3) is 0.500. The van der Waals surface area contributed by atoms with Gasteiger partial charge in [0.2, 0.25) is 5.91 Å². The summed E-state index contributed by atoms with van der Waals surface area (Å²) in [5, 5.41) is 3.52. The number of likely N-dealkylation sites (tertiary alicyclic amines) is 2. The minimum Gasteiger partial charge on any atom is -0.385 e. The average Bonchev–Trinajstić information content (AvgIpc) is 3.33. The number of halogens is 1. The number of piperidine rings is 1. The Morgan fingerprint density at radius 2 is 1.77 bits per heavy atom. The van der Waals surface area contributed by atoms with E-state index in [9.17, 15) is 14.0 Å². The number of carbonyl (C=O) groups is 2. The summed E-state index contributed by atoms with van der Waals surface area (Å²) in [4.78, 5) is 29.4. The molecule has 6 nitrogen and oxygen atoms in total. The van der Waals surface area contributed by atoms with Crippen LogP contribution in [0.3, 0.4) is 0 Å². The molecule has 0 aliphatic carbocycles. The van der Waals surface area contributed by atoms with E-state index in [1.54, 1.807) is 18.7 Å². The van der Waals surface area contributed by atoms with Gasteiger partial charge in [0.1, 0.15) is 11.7 Å². The summed E-state index contributed by atoms with van der Waals surface area (Å²) >= 11 is 0. The monoisotopic (exact) mass is 480 g/mol. The highest BCUT2D eigenvalue weighted by Gasteiger charge is 2.34. The second-order valence-electron chi connectivity index (χ2n) is 10.5. The SMILES string of the molecule is CC(C)(F)CN1CCC(CNc2ccc(-c3ccccc3)c(C(=O)N3CCC[C@H]3C(N)=O)c2)CC1. The van der Waals surface area contributed by atoms with Gasteiger partial charge in [-0.15, -0.1) is 0 Å². The fourth-order valence-electron chi connectivity index (χ4n) is 5.30. The first kappa shape index (κ1) is 25.2. The topological polar surface area (TPSA) is 78.7 Å². The van der Waals surface area contributed by atoms with Gasteiger partial charge in [0, 0.05) is 30.9 Å². The Hall–Kier alpha value is -2.93. The Bertz CT molecular complexity index is 1030. The van der Waals surface area contributed by atoms with Gasteiger partial charge in [-0.1, -0.05) is 36.4 Å². The number of rotatable bonds is 8. The number of carbonyl (C=O) groups excluding carboxylic acids is 2. The standard InChI is InChI=1S/C28H37FN4O2/c1-28(2,29)19-32-15-12-20(13-16-32)18-31-22-10-11-23(21-7-4-3-5-8-21)24(17-22)27(35)33-14-6-9-25(33)26(30)34/h3-5,7-8,10-11,17,20,25,31H,6,9,12-16,18-19H2,1-2H3,(H2,30,34)/t25-/m0/s1. The molecule has 35 heavy (non-hydrogen) atoms. The highest BCUT2D eigenvalue weighted by Crippen LogP contribution is 2.30. The molecule has 2 saturated heterocycles. The number of hydrogen-bond acceptors (Lipinski definition) is 4. The molecule has 2 fully saturated rings. The number of hydrogen-bond donors (Lipinski definition) is 2. The van der Waals surface area contributed by atoms with Crippen molar-refractivity contribution in [1.29, 1.82) is 0 Å². The number of anilines is 1. The summed E-state index contributed by atoms with van der Waals surface area (Å²) in [6.45, 7) is 6.88. The molecule has 2 aliphatic rings. The molecule has 4 rings (SSSR count). The fourth-order valence-corrected chi connectivity index (χ4v) is 5.30. The van der Waals surface area contributed by atoms with Crippen molar-refractivity contribution in [3.63, 3.8) is 0 Å². The van der Waals surface area contributed by atoms with Crippen LogP contribution in [0.2, 0.25) is 0 Å². The first-order valence-electron chi connectivity index (χ1n) is 12.7. The number of nitrogens with zero attached hydrogens (tertiary/aromatic N) is 2. The van der Waals surface area contributed by atoms with Crippen LogP contribution in [0.15, 0.2) is 48.5 Å². The Morgan fingerprint density at radius 1 is 1.06 bits per heavy atom. The lowest BCUT2D eigenvalue weighted by Gasteiger charge is -2.34. The van der Waals surface area contributed by atoms with E-state index in [-0.39, 0.29) is 5.91 Å². The van der Waals surface area contributed by atoms with E-state index in [1.165, 1.54) is 0 Å². The van der Waals surface area contributed by atoms with Crippen molar-refractivity contribution in [3.8, 4) is 11.1 Å². The maximum Gasteiger partial charge on any atom is 0.255 e. The summed E-state index contributed by atoms with van der Waals surface area (Å²) in [6, 6.07) is 15.2. The minimum absolute atomic E-state index is 0.157. The predicted octanol–water partition coefficient (Wildman–Crippen LogP) is 4.32. The molecule has 3 N–H and O–H groups in total. The summed E-state index contributed by atoms with van der Waals surface area (Å²) in [5.74, 6) is -0.107. The van der Waals surface area contributed by atoms with Crippen LogP contribution in [0.25, 0.3) is 11.1 Å². The summed E-state index contributed by atoms with van der Waals surface area (Å²) in [7, 11) is 0. The molecular weight excluding hydrogens is 443 g/mol. The molecule has 0 aromatic heterocycles. The van der Waals surface area contributed by atoms with Gasteiger partial charge in [-0.3, -0.25) is 9.59 Å². The van der Waals surface area contributed by atoms with E-state index in [0.717, 1.165) is 55.7 Å². The lowest BCUT2D eigenvalue weighted by atomic mass is 9.95. The quantitative estimate of drug-likeness (QED) is 0.590. The van der Waals surface area contributed by atoms with Crippen molar-refractivity contribution < 1.29 is 14.0 Å². The Morgan fingerprint density at radius 3 is 2.43 bits per heavy atom. The lowest BCUT2D eigenvalue weighted by molar-refractivity contribution is -0.121. The molecule has 2 heterocycles. The van der Waals surface area contributed by atoms with Crippen LogP contribution >= 0.6 is 0 Å². The first-order valence-corrected chi connectivity index (χ1v) is 12.7. The number of primary amides is 1. The van der Waals surface area contributed by atoms with Crippen molar-refractivity contribution in [2.24, 2.45) is 11.7 Å². The first-order chi connectivity index (χ1) is 16.7. The maximum absolute atomic E-state index is 14.0. The van der Waals surface area contributed by atoms with Gasteiger partial charge < -0.3 is 20.9 Å². The van der Waals surface area contributed by atoms with E-state index in [4.69, 9.17) is 5.73 Å². The molecule has 1 atom stereocenters. The van der Waals surface area contributed by atoms with Crippen LogP contribution in [0.4, 0.5) is 10.1 Å². The van der Waals surface area contributed by atoms with Crippen molar-refractivity contribution in [2.75, 3.05) is 38.0 Å². The third-order valence-corrected chi connectivity index (χ3v) is 7.08. The maximum atomic E-state index is 14.0. The lowest BCUT2D eigenvalue weighted by Crippen LogP contribution is -2.43. The molecule has 2 amide bonds. The van der Waals surface area contributed by atoms with Gasteiger partial charge in [-0.05, 0) is 81.8 Å². The smallest absolute Gasteiger partial charge is 0.255 e. The number of benzene rings is 2. The Labute approximate surface area is 207 Å².